The van der Waals surface area contributed by atoms with Gasteiger partial charge in [0.25, 0.3) is 0 Å². The summed E-state index contributed by atoms with van der Waals surface area (Å²) in [6.45, 7) is 2.40. The summed E-state index contributed by atoms with van der Waals surface area (Å²) >= 11 is 1.70. The molecule has 4 rings (SSSR count). The molecule has 3 nitrogen and oxygen atoms in total. The quantitative estimate of drug-likeness (QED) is 0.650. The van der Waals surface area contributed by atoms with Crippen molar-refractivity contribution in [3.05, 3.63) is 84.3 Å². The van der Waals surface area contributed by atoms with E-state index in [1.807, 2.05) is 18.2 Å². The number of nitrogens with one attached hydrogen (secondary N) is 1. The van der Waals surface area contributed by atoms with Crippen LogP contribution in [-0.4, -0.2) is 30.8 Å². The first-order chi connectivity index (χ1) is 13.3. The molecule has 1 aliphatic rings. The van der Waals surface area contributed by atoms with Crippen molar-refractivity contribution >= 4 is 11.8 Å². The van der Waals surface area contributed by atoms with Gasteiger partial charge in [0, 0.05) is 24.8 Å². The Kier molecular flexibility index (Phi) is 5.82. The van der Waals surface area contributed by atoms with Gasteiger partial charge in [-0.1, -0.05) is 60.3 Å². The summed E-state index contributed by atoms with van der Waals surface area (Å²) in [6.07, 6.45) is 1.87. The van der Waals surface area contributed by atoms with Crippen LogP contribution in [0.15, 0.2) is 78.0 Å². The molecule has 138 valence electrons. The zero-order chi connectivity index (χ0) is 18.5. The van der Waals surface area contributed by atoms with Crippen LogP contribution in [0.2, 0.25) is 0 Å². The van der Waals surface area contributed by atoms with Crippen molar-refractivity contribution in [2.24, 2.45) is 0 Å². The SMILES string of the molecule is Fc1ccc(-c2cccnc2SC(c2ccccc2)C2CNCCO2)cc1. The minimum absolute atomic E-state index is 0.0641. The number of ether oxygens (including phenoxy) is 1. The van der Waals surface area contributed by atoms with Gasteiger partial charge in [-0.25, -0.2) is 9.37 Å². The highest BCUT2D eigenvalue weighted by atomic mass is 32.2. The second-order valence-electron chi connectivity index (χ2n) is 6.43. The number of morpholine rings is 1. The second-order valence-corrected chi connectivity index (χ2v) is 7.56. The first-order valence-electron chi connectivity index (χ1n) is 9.06. The maximum atomic E-state index is 13.3. The van der Waals surface area contributed by atoms with Crippen molar-refractivity contribution in [3.63, 3.8) is 0 Å². The molecule has 1 aliphatic heterocycles. The van der Waals surface area contributed by atoms with Gasteiger partial charge in [-0.3, -0.25) is 0 Å². The average molecular weight is 380 g/mol. The van der Waals surface area contributed by atoms with Gasteiger partial charge in [0.15, 0.2) is 0 Å². The molecule has 5 heteroatoms. The van der Waals surface area contributed by atoms with Crippen LogP contribution in [0.3, 0.4) is 0 Å². The van der Waals surface area contributed by atoms with E-state index < -0.39 is 0 Å². The van der Waals surface area contributed by atoms with E-state index >= 15 is 0 Å². The molecule has 1 N–H and O–H groups in total. The number of hydrogen-bond acceptors (Lipinski definition) is 4. The molecule has 0 saturated carbocycles. The number of nitrogens with zero attached hydrogens (tertiary/aromatic N) is 1. The van der Waals surface area contributed by atoms with Crippen LogP contribution in [0, 0.1) is 5.82 Å². The van der Waals surface area contributed by atoms with Gasteiger partial charge in [0.05, 0.1) is 18.0 Å². The van der Waals surface area contributed by atoms with Crippen LogP contribution in [0.1, 0.15) is 10.8 Å². The lowest BCUT2D eigenvalue weighted by Crippen LogP contribution is -2.41. The highest BCUT2D eigenvalue weighted by Crippen LogP contribution is 2.42. The van der Waals surface area contributed by atoms with Crippen molar-refractivity contribution in [1.29, 1.82) is 0 Å². The minimum Gasteiger partial charge on any atom is -0.374 e. The lowest BCUT2D eigenvalue weighted by Gasteiger charge is -2.31. The number of rotatable bonds is 5. The zero-order valence-corrected chi connectivity index (χ0v) is 15.7. The van der Waals surface area contributed by atoms with E-state index in [2.05, 4.69) is 34.6 Å². The predicted octanol–water partition coefficient (Wildman–Crippen LogP) is 4.71. The minimum atomic E-state index is -0.235. The molecule has 0 aliphatic carbocycles. The summed E-state index contributed by atoms with van der Waals surface area (Å²) in [7, 11) is 0. The standard InChI is InChI=1S/C22H21FN2OS/c23-18-10-8-16(9-11-18)19-7-4-12-25-22(19)27-21(17-5-2-1-3-6-17)20-15-24-13-14-26-20/h1-12,20-21,24H,13-15H2. The second kappa shape index (κ2) is 8.65. The van der Waals surface area contributed by atoms with Crippen LogP contribution in [0.25, 0.3) is 11.1 Å². The Morgan fingerprint density at radius 2 is 1.85 bits per heavy atom. The van der Waals surface area contributed by atoms with Gasteiger partial charge >= 0.3 is 0 Å². The summed E-state index contributed by atoms with van der Waals surface area (Å²) < 4.78 is 19.4. The highest BCUT2D eigenvalue weighted by Gasteiger charge is 2.28. The monoisotopic (exact) mass is 380 g/mol. The molecule has 1 fully saturated rings. The van der Waals surface area contributed by atoms with Crippen molar-refractivity contribution in [2.75, 3.05) is 19.7 Å². The smallest absolute Gasteiger partial charge is 0.123 e. The molecule has 0 amide bonds. The number of benzene rings is 2. The molecule has 2 atom stereocenters. The average Bonchev–Trinajstić information content (AvgIpc) is 2.74. The molecule has 0 spiro atoms. The Labute approximate surface area is 163 Å². The van der Waals surface area contributed by atoms with Gasteiger partial charge < -0.3 is 10.1 Å². The summed E-state index contributed by atoms with van der Waals surface area (Å²) in [5.41, 5.74) is 3.18. The third-order valence-corrected chi connectivity index (χ3v) is 5.97. The van der Waals surface area contributed by atoms with Gasteiger partial charge in [0.1, 0.15) is 10.8 Å². The first-order valence-corrected chi connectivity index (χ1v) is 9.94. The van der Waals surface area contributed by atoms with E-state index in [4.69, 9.17) is 4.74 Å². The Balaban J connectivity index is 1.68. The molecule has 3 aromatic rings. The van der Waals surface area contributed by atoms with E-state index in [1.54, 1.807) is 30.1 Å². The van der Waals surface area contributed by atoms with Crippen molar-refractivity contribution < 1.29 is 9.13 Å². The fraction of sp³-hybridized carbons (Fsp3) is 0.227. The third-order valence-electron chi connectivity index (χ3n) is 4.59. The van der Waals surface area contributed by atoms with Crippen LogP contribution in [0.4, 0.5) is 4.39 Å². The normalized spacial score (nSPS) is 18.2. The van der Waals surface area contributed by atoms with Crippen LogP contribution in [0.5, 0.6) is 0 Å². The first kappa shape index (κ1) is 18.2. The van der Waals surface area contributed by atoms with E-state index in [0.717, 1.165) is 29.2 Å². The number of hydrogen-bond donors (Lipinski definition) is 1. The van der Waals surface area contributed by atoms with Crippen molar-refractivity contribution in [2.45, 2.75) is 16.4 Å². The van der Waals surface area contributed by atoms with Gasteiger partial charge in [-0.05, 0) is 29.3 Å². The summed E-state index contributed by atoms with van der Waals surface area (Å²) in [5, 5.41) is 4.46. The number of pyridine rings is 1. The maximum Gasteiger partial charge on any atom is 0.123 e. The lowest BCUT2D eigenvalue weighted by atomic mass is 10.1. The largest absolute Gasteiger partial charge is 0.374 e. The predicted molar refractivity (Wildman–Crippen MR) is 107 cm³/mol. The molecule has 27 heavy (non-hydrogen) atoms. The van der Waals surface area contributed by atoms with Crippen LogP contribution < -0.4 is 5.32 Å². The Morgan fingerprint density at radius 3 is 2.59 bits per heavy atom. The van der Waals surface area contributed by atoms with Gasteiger partial charge in [-0.2, -0.15) is 0 Å². The fourth-order valence-electron chi connectivity index (χ4n) is 3.24. The molecular formula is C22H21FN2OS. The van der Waals surface area contributed by atoms with E-state index in [-0.39, 0.29) is 17.2 Å². The lowest BCUT2D eigenvalue weighted by molar-refractivity contribution is 0.0273. The third kappa shape index (κ3) is 4.38. The highest BCUT2D eigenvalue weighted by molar-refractivity contribution is 7.99. The zero-order valence-electron chi connectivity index (χ0n) is 14.8. The molecule has 2 unspecified atom stereocenters. The van der Waals surface area contributed by atoms with E-state index in [0.29, 0.717) is 6.61 Å². The van der Waals surface area contributed by atoms with Crippen molar-refractivity contribution in [1.82, 2.24) is 10.3 Å². The molecule has 1 aromatic heterocycles. The Morgan fingerprint density at radius 1 is 1.04 bits per heavy atom. The number of halogens is 1. The van der Waals surface area contributed by atoms with E-state index in [1.165, 1.54) is 17.7 Å². The number of thioether (sulfide) groups is 1. The molecule has 0 radical (unpaired) electrons. The van der Waals surface area contributed by atoms with Crippen LogP contribution >= 0.6 is 11.8 Å². The Bertz CT molecular complexity index is 867. The molecule has 2 aromatic carbocycles. The molecular weight excluding hydrogens is 359 g/mol. The van der Waals surface area contributed by atoms with Crippen LogP contribution in [-0.2, 0) is 4.74 Å². The van der Waals surface area contributed by atoms with E-state index in [9.17, 15) is 4.39 Å². The van der Waals surface area contributed by atoms with Crippen molar-refractivity contribution in [3.8, 4) is 11.1 Å². The molecule has 0 bridgehead atoms. The summed E-state index contributed by atoms with van der Waals surface area (Å²) in [4.78, 5) is 4.63. The fourth-order valence-corrected chi connectivity index (χ4v) is 4.53. The van der Waals surface area contributed by atoms with Gasteiger partial charge in [-0.15, -0.1) is 0 Å². The summed E-state index contributed by atoms with van der Waals surface area (Å²) in [5.74, 6) is -0.235. The molecule has 1 saturated heterocycles. The summed E-state index contributed by atoms with van der Waals surface area (Å²) in [6, 6.07) is 20.9. The maximum absolute atomic E-state index is 13.3. The Hall–Kier alpha value is -2.21. The molecule has 2 heterocycles. The van der Waals surface area contributed by atoms with Gasteiger partial charge in [0.2, 0.25) is 0 Å². The topological polar surface area (TPSA) is 34.2 Å². The number of aromatic nitrogens is 1.